The van der Waals surface area contributed by atoms with Gasteiger partial charge < -0.3 is 4.74 Å². The van der Waals surface area contributed by atoms with Gasteiger partial charge in [0, 0.05) is 18.4 Å². The van der Waals surface area contributed by atoms with E-state index in [1.54, 1.807) is 0 Å². The highest BCUT2D eigenvalue weighted by atomic mass is 16.5. The van der Waals surface area contributed by atoms with E-state index in [2.05, 4.69) is 0 Å². The lowest BCUT2D eigenvalue weighted by Crippen LogP contribution is -2.01. The molecule has 0 amide bonds. The number of aldehydes is 1. The van der Waals surface area contributed by atoms with Crippen LogP contribution in [0.2, 0.25) is 0 Å². The second-order valence-electron chi connectivity index (χ2n) is 2.54. The summed E-state index contributed by atoms with van der Waals surface area (Å²) in [6, 6.07) is 0. The van der Waals surface area contributed by atoms with Crippen molar-refractivity contribution in [1.82, 2.24) is 0 Å². The van der Waals surface area contributed by atoms with Gasteiger partial charge in [-0.15, -0.1) is 0 Å². The van der Waals surface area contributed by atoms with Gasteiger partial charge in [0.05, 0.1) is 5.76 Å². The summed E-state index contributed by atoms with van der Waals surface area (Å²) in [5.74, 6) is 1.72. The summed E-state index contributed by atoms with van der Waals surface area (Å²) in [4.78, 5) is 10.5. The van der Waals surface area contributed by atoms with Crippen molar-refractivity contribution >= 4 is 6.29 Å². The highest BCUT2D eigenvalue weighted by Gasteiger charge is 2.10. The molecule has 2 nitrogen and oxygen atoms in total. The topological polar surface area (TPSA) is 26.3 Å². The fraction of sp³-hybridized carbons (Fsp3) is 0.444. The second kappa shape index (κ2) is 3.37. The first-order valence-corrected chi connectivity index (χ1v) is 3.79. The van der Waals surface area contributed by atoms with Gasteiger partial charge >= 0.3 is 0 Å². The van der Waals surface area contributed by atoms with Gasteiger partial charge in [0.2, 0.25) is 0 Å². The molecule has 0 aromatic heterocycles. The van der Waals surface area contributed by atoms with E-state index in [4.69, 9.17) is 4.74 Å². The highest BCUT2D eigenvalue weighted by molar-refractivity contribution is 5.74. The summed E-state index contributed by atoms with van der Waals surface area (Å²) in [7, 11) is 0. The Morgan fingerprint density at radius 1 is 1.73 bits per heavy atom. The molecule has 0 bridgehead atoms. The molecule has 0 saturated carbocycles. The maximum atomic E-state index is 10.5. The molecule has 60 valence electrons. The minimum absolute atomic E-state index is 0.721. The maximum absolute atomic E-state index is 10.5. The predicted octanol–water partition coefficient (Wildman–Crippen LogP) is 2.17. The van der Waals surface area contributed by atoms with E-state index in [0.29, 0.717) is 0 Å². The molecule has 1 aliphatic rings. The molecule has 0 aliphatic carbocycles. The van der Waals surface area contributed by atoms with Gasteiger partial charge in [0.25, 0.3) is 0 Å². The number of carbonyl (C=O) groups excluding carboxylic acids is 1. The number of allylic oxidation sites excluding steroid dienone is 4. The lowest BCUT2D eigenvalue weighted by Gasteiger charge is -2.15. The van der Waals surface area contributed by atoms with Crippen molar-refractivity contribution in [2.24, 2.45) is 0 Å². The van der Waals surface area contributed by atoms with E-state index in [1.807, 2.05) is 19.9 Å². The van der Waals surface area contributed by atoms with Crippen molar-refractivity contribution in [1.29, 1.82) is 0 Å². The van der Waals surface area contributed by atoms with Crippen LogP contribution in [-0.4, -0.2) is 6.29 Å². The van der Waals surface area contributed by atoms with Crippen molar-refractivity contribution in [3.05, 3.63) is 23.2 Å². The number of hydrogen-bond acceptors (Lipinski definition) is 2. The fourth-order valence-corrected chi connectivity index (χ4v) is 1.08. The molecule has 0 aromatic carbocycles. The van der Waals surface area contributed by atoms with E-state index < -0.39 is 0 Å². The third-order valence-electron chi connectivity index (χ3n) is 1.72. The average Bonchev–Trinajstić information content (AvgIpc) is 2.04. The highest BCUT2D eigenvalue weighted by Crippen LogP contribution is 2.21. The van der Waals surface area contributed by atoms with Crippen LogP contribution in [0.15, 0.2) is 23.2 Å². The van der Waals surface area contributed by atoms with Crippen LogP contribution in [0, 0.1) is 0 Å². The van der Waals surface area contributed by atoms with E-state index in [-0.39, 0.29) is 0 Å². The molecule has 0 radical (unpaired) electrons. The number of carbonyl (C=O) groups is 1. The summed E-state index contributed by atoms with van der Waals surface area (Å²) in [5, 5.41) is 0. The van der Waals surface area contributed by atoms with Crippen LogP contribution in [0.1, 0.15) is 26.7 Å². The van der Waals surface area contributed by atoms with Crippen LogP contribution < -0.4 is 0 Å². The molecule has 0 aromatic rings. The number of ether oxygens (including phenoxy) is 1. The van der Waals surface area contributed by atoms with Crippen molar-refractivity contribution in [3.8, 4) is 0 Å². The Kier molecular flexibility index (Phi) is 2.47. The van der Waals surface area contributed by atoms with Gasteiger partial charge in [-0.3, -0.25) is 4.79 Å². The molecule has 1 rings (SSSR count). The molecule has 1 aliphatic heterocycles. The first-order chi connectivity index (χ1) is 5.27. The second-order valence-corrected chi connectivity index (χ2v) is 2.54. The first kappa shape index (κ1) is 8.05. The summed E-state index contributed by atoms with van der Waals surface area (Å²) in [6.45, 7) is 3.88. The summed E-state index contributed by atoms with van der Waals surface area (Å²) in [5.41, 5.74) is 0.776. The fourth-order valence-electron chi connectivity index (χ4n) is 1.08. The maximum Gasteiger partial charge on any atom is 0.149 e. The largest absolute Gasteiger partial charge is 0.466 e. The van der Waals surface area contributed by atoms with E-state index in [1.165, 1.54) is 0 Å². The first-order valence-electron chi connectivity index (χ1n) is 3.79. The molecule has 2 heteroatoms. The zero-order chi connectivity index (χ0) is 8.27. The molecule has 0 N–H and O–H groups in total. The van der Waals surface area contributed by atoms with Gasteiger partial charge in [-0.1, -0.05) is 6.92 Å². The van der Waals surface area contributed by atoms with Crippen LogP contribution in [0.3, 0.4) is 0 Å². The van der Waals surface area contributed by atoms with Crippen molar-refractivity contribution < 1.29 is 9.53 Å². The minimum Gasteiger partial charge on any atom is -0.466 e. The molecular formula is C9H12O2. The number of hydrogen-bond donors (Lipinski definition) is 0. The third kappa shape index (κ3) is 1.70. The van der Waals surface area contributed by atoms with Crippen LogP contribution in [0.25, 0.3) is 0 Å². The van der Waals surface area contributed by atoms with Gasteiger partial charge in [0.1, 0.15) is 12.0 Å². The van der Waals surface area contributed by atoms with Gasteiger partial charge in [0.15, 0.2) is 0 Å². The zero-order valence-electron chi connectivity index (χ0n) is 6.89. The minimum atomic E-state index is 0.721. The van der Waals surface area contributed by atoms with Crippen molar-refractivity contribution in [2.45, 2.75) is 26.7 Å². The monoisotopic (exact) mass is 152 g/mol. The van der Waals surface area contributed by atoms with E-state index >= 15 is 0 Å². The van der Waals surface area contributed by atoms with Crippen molar-refractivity contribution in [2.75, 3.05) is 0 Å². The molecule has 0 spiro atoms. The van der Waals surface area contributed by atoms with Crippen LogP contribution in [-0.2, 0) is 9.53 Å². The van der Waals surface area contributed by atoms with Gasteiger partial charge in [-0.2, -0.15) is 0 Å². The third-order valence-corrected chi connectivity index (χ3v) is 1.72. The molecule has 0 saturated heterocycles. The Balaban J connectivity index is 2.79. The van der Waals surface area contributed by atoms with Gasteiger partial charge in [-0.25, -0.2) is 0 Å². The molecule has 1 heterocycles. The summed E-state index contributed by atoms with van der Waals surface area (Å²) in [6.07, 6.45) is 4.31. The SMILES string of the molecule is CCC1=C(C=O)CC=C(C)O1. The molecule has 0 unspecified atom stereocenters. The van der Waals surface area contributed by atoms with Gasteiger partial charge in [-0.05, 0) is 13.0 Å². The lowest BCUT2D eigenvalue weighted by molar-refractivity contribution is -0.105. The molecule has 11 heavy (non-hydrogen) atoms. The van der Waals surface area contributed by atoms with E-state index in [0.717, 1.165) is 36.2 Å². The predicted molar refractivity (Wildman–Crippen MR) is 42.8 cm³/mol. The quantitative estimate of drug-likeness (QED) is 0.567. The molecular weight excluding hydrogens is 140 g/mol. The Morgan fingerprint density at radius 3 is 3.00 bits per heavy atom. The smallest absolute Gasteiger partial charge is 0.149 e. The zero-order valence-corrected chi connectivity index (χ0v) is 6.89. The average molecular weight is 152 g/mol. The normalized spacial score (nSPS) is 17.5. The summed E-state index contributed by atoms with van der Waals surface area (Å²) >= 11 is 0. The van der Waals surface area contributed by atoms with Crippen LogP contribution >= 0.6 is 0 Å². The van der Waals surface area contributed by atoms with Crippen LogP contribution in [0.5, 0.6) is 0 Å². The molecule has 0 fully saturated rings. The Labute approximate surface area is 66.5 Å². The standard InChI is InChI=1S/C9H12O2/c1-3-9-8(6-10)5-4-7(2)11-9/h4,6H,3,5H2,1-2H3. The van der Waals surface area contributed by atoms with Crippen molar-refractivity contribution in [3.63, 3.8) is 0 Å². The summed E-state index contributed by atoms with van der Waals surface area (Å²) < 4.78 is 5.35. The number of rotatable bonds is 2. The Morgan fingerprint density at radius 2 is 2.45 bits per heavy atom. The van der Waals surface area contributed by atoms with Crippen LogP contribution in [0.4, 0.5) is 0 Å². The Hall–Kier alpha value is -1.05. The lowest BCUT2D eigenvalue weighted by atomic mass is 10.1. The van der Waals surface area contributed by atoms with E-state index in [9.17, 15) is 4.79 Å². The molecule has 0 atom stereocenters. The Bertz CT molecular complexity index is 224.